The van der Waals surface area contributed by atoms with Crippen LogP contribution in [-0.2, 0) is 9.16 Å². The monoisotopic (exact) mass is 504 g/mol. The second kappa shape index (κ2) is 9.29. The Labute approximate surface area is 202 Å². The van der Waals surface area contributed by atoms with E-state index in [-0.39, 0.29) is 11.5 Å². The zero-order valence-electron chi connectivity index (χ0n) is 23.0. The Hall–Kier alpha value is -0.472. The Kier molecular flexibility index (Phi) is 8.06. The van der Waals surface area contributed by atoms with Gasteiger partial charge in [-0.1, -0.05) is 96.1 Å². The molecule has 1 aromatic carbocycles. The van der Waals surface area contributed by atoms with Crippen molar-refractivity contribution < 1.29 is 9.16 Å². The second-order valence-corrected chi connectivity index (χ2v) is 45.1. The van der Waals surface area contributed by atoms with Crippen LogP contribution < -0.4 is 0 Å². The SMILES string of the molecule is CO[C@@H]1C(=C=C[Si](C(O[Si](C)(C)C)C(C)(C)C)([Si](C)(C)C)[Si](C)(C)C)[C@@H]1c1ccccc1. The quantitative estimate of drug-likeness (QED) is 0.269. The summed E-state index contributed by atoms with van der Waals surface area (Å²) in [5, 5.41) is 0. The van der Waals surface area contributed by atoms with Gasteiger partial charge in [0, 0.05) is 39.5 Å². The van der Waals surface area contributed by atoms with Crippen LogP contribution in [0.3, 0.4) is 0 Å². The molecule has 1 aliphatic carbocycles. The van der Waals surface area contributed by atoms with Crippen LogP contribution >= 0.6 is 0 Å². The van der Waals surface area contributed by atoms with E-state index in [1.54, 1.807) is 0 Å². The fraction of sp³-hybridized carbons (Fsp3) is 0.654. The normalized spacial score (nSPS) is 21.2. The maximum Gasteiger partial charge on any atom is 0.183 e. The van der Waals surface area contributed by atoms with Gasteiger partial charge in [0.15, 0.2) is 8.32 Å². The van der Waals surface area contributed by atoms with Crippen molar-refractivity contribution in [1.82, 2.24) is 0 Å². The van der Waals surface area contributed by atoms with Crippen LogP contribution in [0, 0.1) is 5.41 Å². The van der Waals surface area contributed by atoms with E-state index in [9.17, 15) is 0 Å². The van der Waals surface area contributed by atoms with E-state index in [2.05, 4.69) is 121 Å². The van der Waals surface area contributed by atoms with Crippen molar-refractivity contribution in [3.8, 4) is 0 Å². The number of rotatable bonds is 8. The lowest BCUT2D eigenvalue weighted by Crippen LogP contribution is -2.80. The molecule has 3 atom stereocenters. The van der Waals surface area contributed by atoms with Gasteiger partial charge in [0.2, 0.25) is 0 Å². The van der Waals surface area contributed by atoms with Crippen LogP contribution in [0.4, 0.5) is 0 Å². The third-order valence-electron chi connectivity index (χ3n) is 6.87. The summed E-state index contributed by atoms with van der Waals surface area (Å²) in [6, 6.07) is 10.8. The molecule has 1 fully saturated rings. The fourth-order valence-electron chi connectivity index (χ4n) is 5.61. The minimum absolute atomic E-state index is 0.110. The molecule has 0 bridgehead atoms. The van der Waals surface area contributed by atoms with Crippen molar-refractivity contribution in [2.45, 2.75) is 97.4 Å². The summed E-state index contributed by atoms with van der Waals surface area (Å²) in [6.07, 6.45) is 0.162. The summed E-state index contributed by atoms with van der Waals surface area (Å²) in [5.41, 5.74) is 9.68. The lowest BCUT2D eigenvalue weighted by molar-refractivity contribution is 0.145. The first-order valence-corrected chi connectivity index (χ1v) is 26.7. The van der Waals surface area contributed by atoms with E-state index >= 15 is 0 Å². The Balaban J connectivity index is 2.76. The van der Waals surface area contributed by atoms with E-state index in [1.807, 2.05) is 7.11 Å². The van der Waals surface area contributed by atoms with Gasteiger partial charge >= 0.3 is 0 Å². The molecule has 32 heavy (non-hydrogen) atoms. The highest BCUT2D eigenvalue weighted by molar-refractivity contribution is 7.71. The van der Waals surface area contributed by atoms with Crippen molar-refractivity contribution in [2.75, 3.05) is 7.11 Å². The van der Waals surface area contributed by atoms with Crippen LogP contribution in [-0.4, -0.2) is 49.6 Å². The number of hydrogen-bond donors (Lipinski definition) is 0. The highest BCUT2D eigenvalue weighted by atomic mass is 29.6. The van der Waals surface area contributed by atoms with Crippen LogP contribution in [0.25, 0.3) is 0 Å². The van der Waals surface area contributed by atoms with Crippen LogP contribution in [0.15, 0.2) is 47.3 Å². The second-order valence-electron chi connectivity index (χ2n) is 13.6. The van der Waals surface area contributed by atoms with Crippen molar-refractivity contribution in [3.05, 3.63) is 52.9 Å². The predicted octanol–water partition coefficient (Wildman–Crippen LogP) is 7.51. The molecule has 6 heteroatoms. The molecule has 0 spiro atoms. The topological polar surface area (TPSA) is 18.5 Å². The number of methoxy groups -OCH3 is 1. The number of benzene rings is 1. The standard InChI is InChI=1S/C26H48O2Si4/c1-26(2,3)25(28-29(5,6)7)32(30(8,9)10,31(11,12)13)20-19-22-23(24(22)27-4)21-17-15-14-16-18-21/h14-18,20,23-25H,1-13H3/t19?,23-,24+,25?/m0/s1. The molecule has 1 unspecified atom stereocenters. The molecular weight excluding hydrogens is 457 g/mol. The first-order chi connectivity index (χ1) is 14.4. The van der Waals surface area contributed by atoms with Crippen LogP contribution in [0.5, 0.6) is 0 Å². The molecule has 0 aromatic heterocycles. The van der Waals surface area contributed by atoms with Crippen molar-refractivity contribution in [2.24, 2.45) is 5.41 Å². The van der Waals surface area contributed by atoms with Gasteiger partial charge in [0.25, 0.3) is 0 Å². The van der Waals surface area contributed by atoms with Crippen molar-refractivity contribution in [3.63, 3.8) is 0 Å². The molecule has 0 amide bonds. The molecule has 0 radical (unpaired) electrons. The largest absolute Gasteiger partial charge is 0.417 e. The molecular formula is C26H48O2Si4. The number of ether oxygens (including phenoxy) is 1. The first-order valence-electron chi connectivity index (χ1n) is 12.1. The van der Waals surface area contributed by atoms with Crippen molar-refractivity contribution >= 4 is 30.6 Å². The molecule has 1 aromatic rings. The van der Waals surface area contributed by atoms with Gasteiger partial charge in [-0.05, 0) is 30.6 Å². The van der Waals surface area contributed by atoms with Crippen molar-refractivity contribution in [1.29, 1.82) is 0 Å². The average Bonchev–Trinajstić information content (AvgIpc) is 3.31. The first kappa shape index (κ1) is 27.8. The highest BCUT2D eigenvalue weighted by Gasteiger charge is 2.62. The van der Waals surface area contributed by atoms with E-state index in [1.165, 1.54) is 11.1 Å². The number of hydrogen-bond acceptors (Lipinski definition) is 2. The highest BCUT2D eigenvalue weighted by Crippen LogP contribution is 2.49. The van der Waals surface area contributed by atoms with Gasteiger partial charge in [-0.2, -0.15) is 0 Å². The van der Waals surface area contributed by atoms with E-state index in [4.69, 9.17) is 9.16 Å². The van der Waals surface area contributed by atoms with Gasteiger partial charge in [-0.3, -0.25) is 0 Å². The zero-order valence-corrected chi connectivity index (χ0v) is 27.0. The molecule has 0 N–H and O–H groups in total. The van der Waals surface area contributed by atoms with E-state index in [0.29, 0.717) is 11.6 Å². The maximum absolute atomic E-state index is 7.20. The summed E-state index contributed by atoms with van der Waals surface area (Å²) in [6.45, 7) is 29.9. The Morgan fingerprint density at radius 1 is 0.875 bits per heavy atom. The lowest BCUT2D eigenvalue weighted by Gasteiger charge is -2.57. The van der Waals surface area contributed by atoms with Crippen LogP contribution in [0.2, 0.25) is 58.9 Å². The Morgan fingerprint density at radius 3 is 1.75 bits per heavy atom. The van der Waals surface area contributed by atoms with Gasteiger partial charge in [-0.25, -0.2) is 0 Å². The molecule has 1 aliphatic rings. The van der Waals surface area contributed by atoms with Gasteiger partial charge < -0.3 is 9.16 Å². The van der Waals surface area contributed by atoms with E-state index < -0.39 is 30.6 Å². The Morgan fingerprint density at radius 2 is 1.38 bits per heavy atom. The summed E-state index contributed by atoms with van der Waals surface area (Å²) in [7, 11) is -5.06. The summed E-state index contributed by atoms with van der Waals surface area (Å²) in [5.74, 6) is 0.346. The molecule has 0 aliphatic heterocycles. The summed E-state index contributed by atoms with van der Waals surface area (Å²) in [4.78, 5) is 0. The third-order valence-corrected chi connectivity index (χ3v) is 46.3. The van der Waals surface area contributed by atoms with Crippen LogP contribution in [0.1, 0.15) is 32.3 Å². The van der Waals surface area contributed by atoms with E-state index in [0.717, 1.165) is 0 Å². The molecule has 1 saturated carbocycles. The maximum atomic E-state index is 7.20. The van der Waals surface area contributed by atoms with Gasteiger partial charge in [0.1, 0.15) is 7.11 Å². The molecule has 2 rings (SSSR count). The molecule has 0 heterocycles. The molecule has 180 valence electrons. The van der Waals surface area contributed by atoms with Gasteiger partial charge in [0.05, 0.1) is 6.10 Å². The minimum Gasteiger partial charge on any atom is -0.417 e. The smallest absolute Gasteiger partial charge is 0.183 e. The minimum atomic E-state index is -1.99. The fourth-order valence-corrected chi connectivity index (χ4v) is 53.5. The third kappa shape index (κ3) is 5.77. The molecule has 0 saturated heterocycles. The lowest BCUT2D eigenvalue weighted by atomic mass is 9.98. The zero-order chi connectivity index (χ0) is 24.8. The van der Waals surface area contributed by atoms with Gasteiger partial charge in [-0.15, -0.1) is 5.73 Å². The summed E-state index contributed by atoms with van der Waals surface area (Å²) >= 11 is 0. The predicted molar refractivity (Wildman–Crippen MR) is 152 cm³/mol. The Bertz CT molecular complexity index is 831. The molecule has 2 nitrogen and oxygen atoms in total. The summed E-state index contributed by atoms with van der Waals surface area (Å²) < 4.78 is 13.1. The average molecular weight is 505 g/mol.